The summed E-state index contributed by atoms with van der Waals surface area (Å²) in [4.78, 5) is 12.8. The van der Waals surface area contributed by atoms with Crippen molar-refractivity contribution in [2.75, 3.05) is 42.3 Å². The van der Waals surface area contributed by atoms with Gasteiger partial charge >= 0.3 is 6.09 Å². The molecule has 1 aromatic rings. The van der Waals surface area contributed by atoms with Gasteiger partial charge in [0.15, 0.2) is 0 Å². The van der Waals surface area contributed by atoms with Gasteiger partial charge in [0, 0.05) is 13.1 Å². The number of morpholine rings is 1. The summed E-state index contributed by atoms with van der Waals surface area (Å²) in [5.41, 5.74) is 7.73. The lowest BCUT2D eigenvalue weighted by Gasteiger charge is -2.31. The molecule has 0 unspecified atom stereocenters. The SMILES string of the molecule is Nc1cccc(NC(=O)O)c1N1CCOCC1. The average Bonchev–Trinajstić information content (AvgIpc) is 2.29. The topological polar surface area (TPSA) is 87.8 Å². The number of ether oxygens (including phenoxy) is 1. The van der Waals surface area contributed by atoms with Crippen LogP contribution < -0.4 is 16.0 Å². The number of nitrogen functional groups attached to an aromatic ring is 1. The maximum Gasteiger partial charge on any atom is 0.409 e. The summed E-state index contributed by atoms with van der Waals surface area (Å²) in [5.74, 6) is 0. The maximum atomic E-state index is 10.7. The third-order valence-corrected chi connectivity index (χ3v) is 2.64. The molecular formula is C11H15N3O3. The van der Waals surface area contributed by atoms with Crippen molar-refractivity contribution in [3.05, 3.63) is 18.2 Å². The monoisotopic (exact) mass is 237 g/mol. The Kier molecular flexibility index (Phi) is 3.34. The molecule has 0 spiro atoms. The number of carboxylic acid groups (broad SMARTS) is 1. The van der Waals surface area contributed by atoms with Crippen LogP contribution in [-0.2, 0) is 4.74 Å². The number of amides is 1. The number of nitrogens with two attached hydrogens (primary N) is 1. The standard InChI is InChI=1S/C11H15N3O3/c12-8-2-1-3-9(13-11(15)16)10(8)14-4-6-17-7-5-14/h1-3,13H,4-7,12H2,(H,15,16). The van der Waals surface area contributed by atoms with E-state index in [1.807, 2.05) is 4.90 Å². The highest BCUT2D eigenvalue weighted by Crippen LogP contribution is 2.32. The van der Waals surface area contributed by atoms with Crippen LogP contribution in [0.25, 0.3) is 0 Å². The first-order valence-corrected chi connectivity index (χ1v) is 5.39. The second-order valence-corrected chi connectivity index (χ2v) is 3.77. The van der Waals surface area contributed by atoms with Crippen molar-refractivity contribution < 1.29 is 14.6 Å². The second-order valence-electron chi connectivity index (χ2n) is 3.77. The van der Waals surface area contributed by atoms with Gasteiger partial charge in [0.2, 0.25) is 0 Å². The van der Waals surface area contributed by atoms with Crippen molar-refractivity contribution in [2.24, 2.45) is 0 Å². The third-order valence-electron chi connectivity index (χ3n) is 2.64. The van der Waals surface area contributed by atoms with E-state index in [9.17, 15) is 4.79 Å². The van der Waals surface area contributed by atoms with Crippen LogP contribution in [0, 0.1) is 0 Å². The van der Waals surface area contributed by atoms with Gasteiger partial charge in [-0.2, -0.15) is 0 Å². The fraction of sp³-hybridized carbons (Fsp3) is 0.364. The lowest BCUT2D eigenvalue weighted by Crippen LogP contribution is -2.37. The molecule has 4 N–H and O–H groups in total. The van der Waals surface area contributed by atoms with Crippen LogP contribution in [0.4, 0.5) is 21.9 Å². The largest absolute Gasteiger partial charge is 0.465 e. The van der Waals surface area contributed by atoms with Crippen LogP contribution in [0.2, 0.25) is 0 Å². The molecule has 0 atom stereocenters. The number of para-hydroxylation sites is 1. The Labute approximate surface area is 99.0 Å². The molecular weight excluding hydrogens is 222 g/mol. The van der Waals surface area contributed by atoms with Crippen LogP contribution in [0.3, 0.4) is 0 Å². The molecule has 1 aliphatic heterocycles. The molecule has 0 bridgehead atoms. The lowest BCUT2D eigenvalue weighted by atomic mass is 10.2. The Hall–Kier alpha value is -1.95. The molecule has 1 fully saturated rings. The molecule has 6 heteroatoms. The molecule has 17 heavy (non-hydrogen) atoms. The van der Waals surface area contributed by atoms with E-state index < -0.39 is 6.09 Å². The number of benzene rings is 1. The maximum absolute atomic E-state index is 10.7. The molecule has 2 rings (SSSR count). The second kappa shape index (κ2) is 4.92. The number of anilines is 3. The normalized spacial score (nSPS) is 15.6. The Balaban J connectivity index is 2.31. The zero-order valence-corrected chi connectivity index (χ0v) is 9.35. The molecule has 1 amide bonds. The van der Waals surface area contributed by atoms with Crippen molar-refractivity contribution in [1.29, 1.82) is 0 Å². The van der Waals surface area contributed by atoms with Crippen LogP contribution in [-0.4, -0.2) is 37.5 Å². The predicted octanol–water partition coefficient (Wildman–Crippen LogP) is 1.20. The van der Waals surface area contributed by atoms with Crippen molar-refractivity contribution in [3.8, 4) is 0 Å². The highest BCUT2D eigenvalue weighted by Gasteiger charge is 2.18. The van der Waals surface area contributed by atoms with E-state index in [1.165, 1.54) is 0 Å². The Morgan fingerprint density at radius 3 is 2.76 bits per heavy atom. The van der Waals surface area contributed by atoms with E-state index >= 15 is 0 Å². The van der Waals surface area contributed by atoms with Crippen molar-refractivity contribution in [3.63, 3.8) is 0 Å². The quantitative estimate of drug-likeness (QED) is 0.672. The Morgan fingerprint density at radius 2 is 2.12 bits per heavy atom. The van der Waals surface area contributed by atoms with Gasteiger partial charge in [0.1, 0.15) is 0 Å². The fourth-order valence-corrected chi connectivity index (χ4v) is 1.92. The van der Waals surface area contributed by atoms with Crippen molar-refractivity contribution in [1.82, 2.24) is 0 Å². The van der Waals surface area contributed by atoms with Gasteiger partial charge in [-0.15, -0.1) is 0 Å². The van der Waals surface area contributed by atoms with E-state index in [1.54, 1.807) is 18.2 Å². The first-order valence-electron chi connectivity index (χ1n) is 5.39. The van der Waals surface area contributed by atoms with Crippen LogP contribution in [0.15, 0.2) is 18.2 Å². The summed E-state index contributed by atoms with van der Waals surface area (Å²) < 4.78 is 5.26. The minimum atomic E-state index is -1.09. The van der Waals surface area contributed by atoms with Gasteiger partial charge in [0.25, 0.3) is 0 Å². The number of nitrogens with one attached hydrogen (secondary N) is 1. The van der Waals surface area contributed by atoms with Crippen LogP contribution in [0.5, 0.6) is 0 Å². The molecule has 92 valence electrons. The fourth-order valence-electron chi connectivity index (χ4n) is 1.92. The van der Waals surface area contributed by atoms with Gasteiger partial charge in [-0.1, -0.05) is 6.07 Å². The van der Waals surface area contributed by atoms with Crippen LogP contribution >= 0.6 is 0 Å². The number of carbonyl (C=O) groups is 1. The summed E-state index contributed by atoms with van der Waals surface area (Å²) in [6, 6.07) is 5.19. The predicted molar refractivity (Wildman–Crippen MR) is 65.5 cm³/mol. The molecule has 1 heterocycles. The molecule has 0 aromatic heterocycles. The minimum Gasteiger partial charge on any atom is -0.465 e. The molecule has 1 aromatic carbocycles. The first kappa shape index (κ1) is 11.5. The summed E-state index contributed by atoms with van der Waals surface area (Å²) in [6.07, 6.45) is -1.09. The molecule has 0 aliphatic carbocycles. The van der Waals surface area contributed by atoms with E-state index in [-0.39, 0.29) is 0 Å². The molecule has 0 radical (unpaired) electrons. The average molecular weight is 237 g/mol. The van der Waals surface area contributed by atoms with Gasteiger partial charge in [-0.3, -0.25) is 5.32 Å². The lowest BCUT2D eigenvalue weighted by molar-refractivity contribution is 0.123. The van der Waals surface area contributed by atoms with Crippen molar-refractivity contribution >= 4 is 23.2 Å². The highest BCUT2D eigenvalue weighted by atomic mass is 16.5. The molecule has 6 nitrogen and oxygen atoms in total. The van der Waals surface area contributed by atoms with Gasteiger partial charge in [0.05, 0.1) is 30.3 Å². The highest BCUT2D eigenvalue weighted by molar-refractivity contribution is 5.92. The number of nitrogens with zero attached hydrogens (tertiary/aromatic N) is 1. The Morgan fingerprint density at radius 1 is 1.41 bits per heavy atom. The smallest absolute Gasteiger partial charge is 0.409 e. The summed E-state index contributed by atoms with van der Waals surface area (Å²) in [7, 11) is 0. The van der Waals surface area contributed by atoms with E-state index in [2.05, 4.69) is 5.32 Å². The first-order chi connectivity index (χ1) is 8.18. The molecule has 0 saturated carbocycles. The van der Waals surface area contributed by atoms with Gasteiger partial charge in [-0.05, 0) is 12.1 Å². The van der Waals surface area contributed by atoms with Gasteiger partial charge in [-0.25, -0.2) is 4.79 Å². The summed E-state index contributed by atoms with van der Waals surface area (Å²) >= 11 is 0. The van der Waals surface area contributed by atoms with Crippen molar-refractivity contribution in [2.45, 2.75) is 0 Å². The summed E-state index contributed by atoms with van der Waals surface area (Å²) in [5, 5.41) is 11.2. The zero-order valence-electron chi connectivity index (χ0n) is 9.35. The number of rotatable bonds is 2. The minimum absolute atomic E-state index is 0.513. The zero-order chi connectivity index (χ0) is 12.3. The van der Waals surface area contributed by atoms with E-state index in [0.717, 1.165) is 5.69 Å². The van der Waals surface area contributed by atoms with E-state index in [0.29, 0.717) is 37.7 Å². The number of hydrogen-bond acceptors (Lipinski definition) is 4. The van der Waals surface area contributed by atoms with Crippen LogP contribution in [0.1, 0.15) is 0 Å². The Bertz CT molecular complexity index is 416. The number of hydrogen-bond donors (Lipinski definition) is 3. The third kappa shape index (κ3) is 2.59. The van der Waals surface area contributed by atoms with E-state index in [4.69, 9.17) is 15.6 Å². The molecule has 1 saturated heterocycles. The summed E-state index contributed by atoms with van der Waals surface area (Å²) in [6.45, 7) is 2.67. The van der Waals surface area contributed by atoms with Gasteiger partial charge < -0.3 is 20.5 Å². The molecule has 1 aliphatic rings.